The third-order valence-electron chi connectivity index (χ3n) is 8.54. The van der Waals surface area contributed by atoms with Gasteiger partial charge in [-0.2, -0.15) is 0 Å². The fraction of sp³-hybridized carbons (Fsp3) is 0.815. The molecule has 2 heterocycles. The molecule has 1 spiro atoms. The number of allylic oxidation sites excluding steroid dienone is 1. The molecule has 0 radical (unpaired) electrons. The van der Waals surface area contributed by atoms with E-state index in [0.29, 0.717) is 13.0 Å². The van der Waals surface area contributed by atoms with Gasteiger partial charge in [-0.25, -0.2) is 4.79 Å². The first-order valence-electron chi connectivity index (χ1n) is 13.8. The number of nitrogens with two attached hydrogens (primary N) is 1. The van der Waals surface area contributed by atoms with Crippen molar-refractivity contribution < 1.29 is 33.3 Å². The summed E-state index contributed by atoms with van der Waals surface area (Å²) in [4.78, 5) is 36.1. The number of alkyl carbamates (subject to hydrolysis) is 1. The summed E-state index contributed by atoms with van der Waals surface area (Å²) in [5.74, 6) is -0.626. The highest BCUT2D eigenvalue weighted by molar-refractivity contribution is 5.85. The van der Waals surface area contributed by atoms with Crippen LogP contribution in [0.2, 0.25) is 0 Å². The van der Waals surface area contributed by atoms with E-state index in [0.717, 1.165) is 38.5 Å². The molecule has 2 saturated heterocycles. The molecule has 0 bridgehead atoms. The Balaban J connectivity index is 1.25. The molecule has 4 rings (SSSR count). The Morgan fingerprint density at radius 3 is 2.29 bits per heavy atom. The first-order chi connectivity index (χ1) is 18.1. The average molecular weight is 537 g/mol. The van der Waals surface area contributed by atoms with Gasteiger partial charge in [0.1, 0.15) is 23.4 Å². The van der Waals surface area contributed by atoms with Gasteiger partial charge in [0.25, 0.3) is 0 Å². The first kappa shape index (κ1) is 28.8. The quantitative estimate of drug-likeness (QED) is 0.240. The first-order valence-corrected chi connectivity index (χ1v) is 13.8. The van der Waals surface area contributed by atoms with E-state index in [9.17, 15) is 14.4 Å². The standard InChI is InChI=1S/C27H44N4O7/c1-16(2)5-10-20-26(3,38-20)24-23(35-4)19(11-12-27(24)15-36-27)37-25(34)31-18-8-6-17(7-9-18)30-22(33)14-29-21(32)13-28/h5,17-20,23-24H,6-15,28H2,1-4H3,(H,29,32)(H,30,33)(H,31,34)/t17?,18?,19?,20-,23?,24?,26?,27+/m1/s1. The van der Waals surface area contributed by atoms with E-state index in [1.54, 1.807) is 7.11 Å². The topological polar surface area (TPSA) is 157 Å². The zero-order valence-electron chi connectivity index (χ0n) is 23.0. The van der Waals surface area contributed by atoms with Gasteiger partial charge in [0.2, 0.25) is 11.8 Å². The number of hydrogen-bond acceptors (Lipinski definition) is 8. The van der Waals surface area contributed by atoms with Gasteiger partial charge in [0.05, 0.1) is 31.7 Å². The van der Waals surface area contributed by atoms with Crippen molar-refractivity contribution in [3.8, 4) is 0 Å². The maximum Gasteiger partial charge on any atom is 0.407 e. The SMILES string of the molecule is COC1C(OC(=O)NC2CCC(NC(=O)CNC(=O)CN)CC2)CC[C@]2(CO2)C1C1(C)O[C@@H]1CC=C(C)C. The van der Waals surface area contributed by atoms with Crippen LogP contribution in [0.5, 0.6) is 0 Å². The van der Waals surface area contributed by atoms with Gasteiger partial charge in [0.15, 0.2) is 0 Å². The third-order valence-corrected chi connectivity index (χ3v) is 8.54. The highest BCUT2D eigenvalue weighted by Gasteiger charge is 2.72. The number of hydrogen-bond donors (Lipinski definition) is 4. The van der Waals surface area contributed by atoms with Crippen molar-refractivity contribution in [3.05, 3.63) is 11.6 Å². The highest BCUT2D eigenvalue weighted by Crippen LogP contribution is 2.59. The van der Waals surface area contributed by atoms with Gasteiger partial charge in [-0.05, 0) is 65.7 Å². The third kappa shape index (κ3) is 6.67. The summed E-state index contributed by atoms with van der Waals surface area (Å²) in [5, 5.41) is 8.40. The summed E-state index contributed by atoms with van der Waals surface area (Å²) in [6, 6.07) is -0.0135. The molecule has 3 amide bonds. The lowest BCUT2D eigenvalue weighted by Crippen LogP contribution is -2.56. The van der Waals surface area contributed by atoms with Crippen molar-refractivity contribution in [1.29, 1.82) is 0 Å². The van der Waals surface area contributed by atoms with Crippen LogP contribution in [-0.2, 0) is 28.5 Å². The van der Waals surface area contributed by atoms with E-state index in [2.05, 4.69) is 42.8 Å². The minimum atomic E-state index is -0.441. The second-order valence-electron chi connectivity index (χ2n) is 11.6. The van der Waals surface area contributed by atoms with Crippen LogP contribution in [0.25, 0.3) is 0 Å². The molecule has 2 saturated carbocycles. The summed E-state index contributed by atoms with van der Waals surface area (Å²) in [6.07, 6.45) is 6.40. The van der Waals surface area contributed by atoms with Crippen molar-refractivity contribution in [1.82, 2.24) is 16.0 Å². The van der Waals surface area contributed by atoms with Crippen LogP contribution in [0, 0.1) is 5.92 Å². The minimum absolute atomic E-state index is 0.0108. The minimum Gasteiger partial charge on any atom is -0.443 e. The van der Waals surface area contributed by atoms with Crippen molar-refractivity contribution in [2.75, 3.05) is 26.8 Å². The number of nitrogens with one attached hydrogen (secondary N) is 3. The molecule has 0 aromatic rings. The van der Waals surface area contributed by atoms with E-state index in [4.69, 9.17) is 24.7 Å². The number of epoxide rings is 2. The lowest BCUT2D eigenvalue weighted by atomic mass is 9.68. The van der Waals surface area contributed by atoms with Crippen LogP contribution in [0.15, 0.2) is 11.6 Å². The molecule has 38 heavy (non-hydrogen) atoms. The Morgan fingerprint density at radius 1 is 1.05 bits per heavy atom. The zero-order valence-corrected chi connectivity index (χ0v) is 23.0. The second-order valence-corrected chi connectivity index (χ2v) is 11.6. The monoisotopic (exact) mass is 536 g/mol. The van der Waals surface area contributed by atoms with Crippen LogP contribution in [0.1, 0.15) is 65.7 Å². The van der Waals surface area contributed by atoms with E-state index in [1.807, 2.05) is 0 Å². The van der Waals surface area contributed by atoms with Gasteiger partial charge in [-0.15, -0.1) is 0 Å². The number of rotatable bonds is 10. The summed E-state index contributed by atoms with van der Waals surface area (Å²) in [7, 11) is 1.67. The van der Waals surface area contributed by atoms with Gasteiger partial charge in [-0.1, -0.05) is 11.6 Å². The van der Waals surface area contributed by atoms with Crippen LogP contribution in [-0.4, -0.2) is 86.3 Å². The molecule has 214 valence electrons. The predicted molar refractivity (Wildman–Crippen MR) is 139 cm³/mol. The Morgan fingerprint density at radius 2 is 1.71 bits per heavy atom. The molecular formula is C27H44N4O7. The molecule has 0 aromatic heterocycles. The fourth-order valence-corrected chi connectivity index (χ4v) is 6.32. The summed E-state index contributed by atoms with van der Waals surface area (Å²) in [5.41, 5.74) is 5.85. The molecule has 4 aliphatic rings. The Hall–Kier alpha value is -2.21. The van der Waals surface area contributed by atoms with E-state index < -0.39 is 6.09 Å². The van der Waals surface area contributed by atoms with E-state index in [-0.39, 0.29) is 72.4 Å². The van der Waals surface area contributed by atoms with Crippen LogP contribution >= 0.6 is 0 Å². The summed E-state index contributed by atoms with van der Waals surface area (Å²) >= 11 is 0. The molecule has 5 N–H and O–H groups in total. The summed E-state index contributed by atoms with van der Waals surface area (Å²) in [6.45, 7) is 6.74. The van der Waals surface area contributed by atoms with Gasteiger partial charge >= 0.3 is 6.09 Å². The molecule has 2 aliphatic carbocycles. The van der Waals surface area contributed by atoms with Crippen LogP contribution in [0.3, 0.4) is 0 Å². The van der Waals surface area contributed by atoms with E-state index >= 15 is 0 Å². The highest BCUT2D eigenvalue weighted by atomic mass is 16.6. The van der Waals surface area contributed by atoms with Crippen molar-refractivity contribution in [3.63, 3.8) is 0 Å². The average Bonchev–Trinajstić information content (AvgIpc) is 3.80. The summed E-state index contributed by atoms with van der Waals surface area (Å²) < 4.78 is 24.1. The van der Waals surface area contributed by atoms with Crippen molar-refractivity contribution in [2.24, 2.45) is 11.7 Å². The maximum atomic E-state index is 12.9. The predicted octanol–water partition coefficient (Wildman–Crippen LogP) is 1.29. The number of carbonyl (C=O) groups is 3. The van der Waals surface area contributed by atoms with Crippen molar-refractivity contribution in [2.45, 2.75) is 107 Å². The van der Waals surface area contributed by atoms with Crippen molar-refractivity contribution >= 4 is 17.9 Å². The lowest BCUT2D eigenvalue weighted by molar-refractivity contribution is -0.125. The van der Waals surface area contributed by atoms with Gasteiger partial charge < -0.3 is 40.6 Å². The van der Waals surface area contributed by atoms with E-state index in [1.165, 1.54) is 5.57 Å². The van der Waals surface area contributed by atoms with Crippen LogP contribution < -0.4 is 21.7 Å². The number of carbonyl (C=O) groups excluding carboxylic acids is 3. The molecule has 0 aromatic carbocycles. The molecule has 6 atom stereocenters. The Labute approximate surface area is 224 Å². The molecule has 11 heteroatoms. The maximum absolute atomic E-state index is 12.9. The van der Waals surface area contributed by atoms with Gasteiger partial charge in [0, 0.05) is 19.2 Å². The number of methoxy groups -OCH3 is 1. The molecule has 4 fully saturated rings. The Bertz CT molecular complexity index is 911. The normalized spacial score (nSPS) is 37.6. The smallest absolute Gasteiger partial charge is 0.407 e. The Kier molecular flexibility index (Phi) is 9.01. The zero-order chi connectivity index (χ0) is 27.5. The second kappa shape index (κ2) is 11.9. The molecule has 11 nitrogen and oxygen atoms in total. The van der Waals surface area contributed by atoms with Crippen LogP contribution in [0.4, 0.5) is 4.79 Å². The fourth-order valence-electron chi connectivity index (χ4n) is 6.32. The molecular weight excluding hydrogens is 492 g/mol. The number of ether oxygens (including phenoxy) is 4. The number of amides is 3. The lowest BCUT2D eigenvalue weighted by Gasteiger charge is -2.42. The largest absolute Gasteiger partial charge is 0.443 e. The van der Waals surface area contributed by atoms with Gasteiger partial charge in [-0.3, -0.25) is 9.59 Å². The molecule has 4 unspecified atom stereocenters. The molecule has 2 aliphatic heterocycles.